The van der Waals surface area contributed by atoms with E-state index >= 15 is 0 Å². The van der Waals surface area contributed by atoms with Gasteiger partial charge in [0.15, 0.2) is 6.61 Å². The van der Waals surface area contributed by atoms with E-state index in [1.165, 1.54) is 20.3 Å². The molecular weight excluding hydrogens is 472 g/mol. The van der Waals surface area contributed by atoms with Gasteiger partial charge in [-0.05, 0) is 12.1 Å². The summed E-state index contributed by atoms with van der Waals surface area (Å²) < 4.78 is 90.9. The zero-order valence-corrected chi connectivity index (χ0v) is 18.1. The second-order valence-electron chi connectivity index (χ2n) is 6.61. The lowest BCUT2D eigenvalue weighted by Crippen LogP contribution is -2.20. The molecule has 0 saturated heterocycles. The molecule has 2 aromatic carbocycles. The van der Waals surface area contributed by atoms with Crippen LogP contribution in [0.4, 0.5) is 29.1 Å². The molecule has 178 valence electrons. The highest BCUT2D eigenvalue weighted by Crippen LogP contribution is 2.38. The van der Waals surface area contributed by atoms with Gasteiger partial charge < -0.3 is 19.5 Å². The van der Waals surface area contributed by atoms with Gasteiger partial charge in [0.1, 0.15) is 36.1 Å². The molecule has 0 aliphatic carbocycles. The first kappa shape index (κ1) is 24.3. The number of nitrogens with zero attached hydrogens (tertiary/aromatic N) is 2. The van der Waals surface area contributed by atoms with Crippen molar-refractivity contribution in [3.63, 3.8) is 0 Å². The van der Waals surface area contributed by atoms with Gasteiger partial charge in [-0.3, -0.25) is 0 Å². The molecule has 0 radical (unpaired) electrons. The molecule has 3 aromatic rings. The normalized spacial score (nSPS) is 12.0. The SMILES string of the molecule is COc1cc(OC)c2c(Nc3cc(S(N)(=O)=O)c(CF)cc3OCC(F)(F)F)ncnc2c1. The van der Waals surface area contributed by atoms with E-state index in [2.05, 4.69) is 15.3 Å². The molecule has 0 fully saturated rings. The third-order valence-corrected chi connectivity index (χ3v) is 5.38. The number of halogens is 4. The second kappa shape index (κ2) is 9.23. The Morgan fingerprint density at radius 2 is 1.79 bits per heavy atom. The van der Waals surface area contributed by atoms with Crippen LogP contribution in [-0.4, -0.2) is 45.4 Å². The van der Waals surface area contributed by atoms with E-state index in [0.29, 0.717) is 16.7 Å². The maximum Gasteiger partial charge on any atom is 0.422 e. The van der Waals surface area contributed by atoms with E-state index < -0.39 is 45.7 Å². The smallest absolute Gasteiger partial charge is 0.422 e. The van der Waals surface area contributed by atoms with Crippen LogP contribution >= 0.6 is 0 Å². The molecule has 14 heteroatoms. The highest BCUT2D eigenvalue weighted by atomic mass is 32.2. The lowest BCUT2D eigenvalue weighted by molar-refractivity contribution is -0.153. The van der Waals surface area contributed by atoms with Crippen molar-refractivity contribution in [2.45, 2.75) is 17.7 Å². The Hall–Kier alpha value is -3.39. The standard InChI is InChI=1S/C19H18F4N4O5S/c1-30-11-4-13-17(15(5-11)31-2)18(26-9-25-13)27-12-6-16(33(24,28)29)10(7-20)3-14(12)32-8-19(21,22)23/h3-6,9H,7-8H2,1-2H3,(H2,24,28,29)(H,25,26,27). The van der Waals surface area contributed by atoms with Gasteiger partial charge in [0.2, 0.25) is 10.0 Å². The van der Waals surface area contributed by atoms with Crippen molar-refractivity contribution in [2.24, 2.45) is 5.14 Å². The van der Waals surface area contributed by atoms with Crippen molar-refractivity contribution in [1.29, 1.82) is 0 Å². The summed E-state index contributed by atoms with van der Waals surface area (Å²) in [6, 6.07) is 4.80. The fourth-order valence-electron chi connectivity index (χ4n) is 2.98. The number of alkyl halides is 4. The third kappa shape index (κ3) is 5.51. The van der Waals surface area contributed by atoms with Crippen LogP contribution in [0.3, 0.4) is 0 Å². The van der Waals surface area contributed by atoms with Crippen LogP contribution in [0.25, 0.3) is 10.9 Å². The molecule has 33 heavy (non-hydrogen) atoms. The van der Waals surface area contributed by atoms with E-state index in [4.69, 9.17) is 19.3 Å². The first-order chi connectivity index (χ1) is 15.5. The predicted octanol–water partition coefficient (Wildman–Crippen LogP) is 3.45. The van der Waals surface area contributed by atoms with Gasteiger partial charge in [0.05, 0.1) is 35.7 Å². The number of hydrogen-bond donors (Lipinski definition) is 2. The highest BCUT2D eigenvalue weighted by Gasteiger charge is 2.30. The summed E-state index contributed by atoms with van der Waals surface area (Å²) in [6.45, 7) is -3.01. The number of sulfonamides is 1. The Kier molecular flexibility index (Phi) is 6.78. The van der Waals surface area contributed by atoms with E-state index in [1.54, 1.807) is 6.07 Å². The number of primary sulfonamides is 1. The average molecular weight is 490 g/mol. The summed E-state index contributed by atoms with van der Waals surface area (Å²) in [5.74, 6) is 0.260. The molecule has 0 bridgehead atoms. The molecule has 0 atom stereocenters. The van der Waals surface area contributed by atoms with Gasteiger partial charge in [-0.2, -0.15) is 13.2 Å². The Balaban J connectivity index is 2.20. The maximum absolute atomic E-state index is 13.4. The first-order valence-electron chi connectivity index (χ1n) is 9.06. The van der Waals surface area contributed by atoms with Gasteiger partial charge >= 0.3 is 6.18 Å². The van der Waals surface area contributed by atoms with Gasteiger partial charge in [0.25, 0.3) is 0 Å². The van der Waals surface area contributed by atoms with E-state index in [0.717, 1.165) is 18.5 Å². The molecular formula is C19H18F4N4O5S. The van der Waals surface area contributed by atoms with E-state index in [1.807, 2.05) is 0 Å². The molecule has 3 N–H and O–H groups in total. The lowest BCUT2D eigenvalue weighted by atomic mass is 10.1. The number of nitrogens with one attached hydrogen (secondary N) is 1. The van der Waals surface area contributed by atoms with E-state index in [-0.39, 0.29) is 17.3 Å². The van der Waals surface area contributed by atoms with Gasteiger partial charge in [0, 0.05) is 17.7 Å². The van der Waals surface area contributed by atoms with Crippen molar-refractivity contribution >= 4 is 32.4 Å². The fraction of sp³-hybridized carbons (Fsp3) is 0.263. The van der Waals surface area contributed by atoms with Crippen LogP contribution in [0, 0.1) is 0 Å². The number of ether oxygens (including phenoxy) is 3. The van der Waals surface area contributed by atoms with E-state index in [9.17, 15) is 26.0 Å². The Labute approximate surface area is 185 Å². The predicted molar refractivity (Wildman–Crippen MR) is 110 cm³/mol. The van der Waals surface area contributed by atoms with Gasteiger partial charge in [-0.1, -0.05) is 0 Å². The number of anilines is 2. The number of fused-ring (bicyclic) bond motifs is 1. The quantitative estimate of drug-likeness (QED) is 0.460. The van der Waals surface area contributed by atoms with Crippen molar-refractivity contribution in [1.82, 2.24) is 9.97 Å². The minimum Gasteiger partial charge on any atom is -0.497 e. The molecule has 0 saturated carbocycles. The molecule has 1 aromatic heterocycles. The average Bonchev–Trinajstić information content (AvgIpc) is 2.75. The summed E-state index contributed by atoms with van der Waals surface area (Å²) in [6.07, 6.45) is -3.54. The van der Waals surface area contributed by atoms with Crippen molar-refractivity contribution in [2.75, 3.05) is 26.1 Å². The minimum absolute atomic E-state index is 0.0460. The number of hydrogen-bond acceptors (Lipinski definition) is 8. The summed E-state index contributed by atoms with van der Waals surface area (Å²) >= 11 is 0. The number of nitrogens with two attached hydrogens (primary N) is 1. The molecule has 0 aliphatic rings. The fourth-order valence-corrected chi connectivity index (χ4v) is 3.74. The lowest BCUT2D eigenvalue weighted by Gasteiger charge is -2.18. The number of aromatic nitrogens is 2. The monoisotopic (exact) mass is 490 g/mol. The van der Waals surface area contributed by atoms with Crippen molar-refractivity contribution in [3.05, 3.63) is 36.2 Å². The molecule has 9 nitrogen and oxygen atoms in total. The summed E-state index contributed by atoms with van der Waals surface area (Å²) in [4.78, 5) is 7.57. The topological polar surface area (TPSA) is 126 Å². The Bertz CT molecular complexity index is 1290. The van der Waals surface area contributed by atoms with Crippen molar-refractivity contribution in [3.8, 4) is 17.2 Å². The van der Waals surface area contributed by atoms with Crippen LogP contribution < -0.4 is 24.7 Å². The summed E-state index contributed by atoms with van der Waals surface area (Å²) in [5, 5.41) is 8.19. The Morgan fingerprint density at radius 3 is 2.36 bits per heavy atom. The Morgan fingerprint density at radius 1 is 1.06 bits per heavy atom. The largest absolute Gasteiger partial charge is 0.497 e. The highest BCUT2D eigenvalue weighted by molar-refractivity contribution is 7.89. The zero-order chi connectivity index (χ0) is 24.4. The molecule has 0 amide bonds. The van der Waals surface area contributed by atoms with Crippen LogP contribution in [-0.2, 0) is 16.7 Å². The molecule has 0 unspecified atom stereocenters. The van der Waals surface area contributed by atoms with Crippen LogP contribution in [0.2, 0.25) is 0 Å². The second-order valence-corrected chi connectivity index (χ2v) is 8.14. The van der Waals surface area contributed by atoms with Crippen molar-refractivity contribution < 1.29 is 40.2 Å². The number of benzene rings is 2. The van der Waals surface area contributed by atoms with Crippen LogP contribution in [0.5, 0.6) is 17.2 Å². The zero-order valence-electron chi connectivity index (χ0n) is 17.2. The van der Waals surface area contributed by atoms with Crippen LogP contribution in [0.15, 0.2) is 35.5 Å². The first-order valence-corrected chi connectivity index (χ1v) is 10.6. The molecule has 0 spiro atoms. The van der Waals surface area contributed by atoms with Gasteiger partial charge in [-0.15, -0.1) is 0 Å². The molecule has 1 heterocycles. The number of rotatable bonds is 8. The minimum atomic E-state index is -4.70. The third-order valence-electron chi connectivity index (χ3n) is 4.39. The van der Waals surface area contributed by atoms with Crippen LogP contribution in [0.1, 0.15) is 5.56 Å². The maximum atomic E-state index is 13.4. The molecule has 3 rings (SSSR count). The summed E-state index contributed by atoms with van der Waals surface area (Å²) in [5.41, 5.74) is -0.359. The molecule has 0 aliphatic heterocycles. The van der Waals surface area contributed by atoms with Gasteiger partial charge in [-0.25, -0.2) is 27.9 Å². The number of methoxy groups -OCH3 is 2. The summed E-state index contributed by atoms with van der Waals surface area (Å²) in [7, 11) is -1.61.